The van der Waals surface area contributed by atoms with Gasteiger partial charge in [-0.2, -0.15) is 0 Å². The fourth-order valence-corrected chi connectivity index (χ4v) is 2.22. The van der Waals surface area contributed by atoms with Gasteiger partial charge in [0.2, 0.25) is 0 Å². The number of aromatic carboxylic acids is 1. The smallest absolute Gasteiger partial charge is 0.337 e. The first-order valence-electron chi connectivity index (χ1n) is 5.59. The topological polar surface area (TPSA) is 78.9 Å². The van der Waals surface area contributed by atoms with Crippen LogP contribution in [0.3, 0.4) is 0 Å². The molecule has 0 fully saturated rings. The number of hydrogen-bond donors (Lipinski definition) is 2. The summed E-state index contributed by atoms with van der Waals surface area (Å²) in [5.74, 6) is -0.438. The Labute approximate surface area is 126 Å². The van der Waals surface area contributed by atoms with Crippen LogP contribution in [-0.4, -0.2) is 26.0 Å². The van der Waals surface area contributed by atoms with Gasteiger partial charge in [0.25, 0.3) is 0 Å². The van der Waals surface area contributed by atoms with Gasteiger partial charge in [-0.3, -0.25) is 0 Å². The van der Waals surface area contributed by atoms with E-state index in [0.29, 0.717) is 22.0 Å². The first-order chi connectivity index (χ1) is 9.54. The number of aromatic nitrogens is 3. The van der Waals surface area contributed by atoms with Gasteiger partial charge >= 0.3 is 5.97 Å². The monoisotopic (exact) mass is 351 g/mol. The largest absolute Gasteiger partial charge is 0.478 e. The van der Waals surface area contributed by atoms with Crippen LogP contribution in [0, 0.1) is 0 Å². The minimum Gasteiger partial charge on any atom is -0.478 e. The van der Waals surface area contributed by atoms with E-state index in [2.05, 4.69) is 30.9 Å². The van der Waals surface area contributed by atoms with Crippen LogP contribution in [0.5, 0.6) is 0 Å². The van der Waals surface area contributed by atoms with Gasteiger partial charge in [-0.05, 0) is 34.1 Å². The number of benzene rings is 1. The van der Waals surface area contributed by atoms with Crippen LogP contribution >= 0.6 is 27.5 Å². The number of H-pyrrole nitrogens is 1. The molecule has 2 aromatic heterocycles. The summed E-state index contributed by atoms with van der Waals surface area (Å²) in [6.07, 6.45) is 1.28. The maximum Gasteiger partial charge on any atom is 0.337 e. The molecule has 0 saturated carbocycles. The van der Waals surface area contributed by atoms with E-state index >= 15 is 0 Å². The molecule has 100 valence electrons. The molecule has 2 N–H and O–H groups in total. The van der Waals surface area contributed by atoms with Crippen molar-refractivity contribution in [3.63, 3.8) is 0 Å². The highest BCUT2D eigenvalue weighted by Crippen LogP contribution is 2.28. The van der Waals surface area contributed by atoms with Crippen LogP contribution in [-0.2, 0) is 0 Å². The van der Waals surface area contributed by atoms with E-state index in [9.17, 15) is 4.79 Å². The molecular formula is C13H7BrClN3O2. The molecule has 0 amide bonds. The highest BCUT2D eigenvalue weighted by atomic mass is 79.9. The molecule has 0 spiro atoms. The number of carbonyl (C=O) groups is 1. The van der Waals surface area contributed by atoms with Crippen molar-refractivity contribution in [1.82, 2.24) is 15.0 Å². The molecule has 0 saturated heterocycles. The molecule has 1 aromatic carbocycles. The van der Waals surface area contributed by atoms with Crippen molar-refractivity contribution in [2.24, 2.45) is 0 Å². The number of hydrogen-bond acceptors (Lipinski definition) is 3. The molecule has 3 aromatic rings. The van der Waals surface area contributed by atoms with Crippen molar-refractivity contribution < 1.29 is 9.90 Å². The Morgan fingerprint density at radius 1 is 1.35 bits per heavy atom. The third kappa shape index (κ3) is 2.28. The molecule has 0 aliphatic rings. The number of rotatable bonds is 2. The number of halogens is 2. The molecule has 0 atom stereocenters. The van der Waals surface area contributed by atoms with Gasteiger partial charge in [0.1, 0.15) is 5.82 Å². The van der Waals surface area contributed by atoms with Gasteiger partial charge in [0.15, 0.2) is 5.65 Å². The molecule has 3 rings (SSSR count). The van der Waals surface area contributed by atoms with Crippen LogP contribution < -0.4 is 0 Å². The maximum atomic E-state index is 10.9. The number of aromatic amines is 1. The number of carboxylic acids is 1. The molecule has 0 bridgehead atoms. The van der Waals surface area contributed by atoms with Gasteiger partial charge in [-0.15, -0.1) is 0 Å². The van der Waals surface area contributed by atoms with Crippen LogP contribution in [0.1, 0.15) is 10.4 Å². The first-order valence-corrected chi connectivity index (χ1v) is 6.76. The van der Waals surface area contributed by atoms with Crippen molar-refractivity contribution in [1.29, 1.82) is 0 Å². The molecule has 7 heteroatoms. The van der Waals surface area contributed by atoms with Gasteiger partial charge in [0, 0.05) is 16.2 Å². The molecule has 0 aliphatic heterocycles. The summed E-state index contributed by atoms with van der Waals surface area (Å²) in [6, 6.07) is 6.94. The standard InChI is InChI=1S/C13H7BrClN3O2/c14-8-2-1-6(3-9(8)15)11-17-10-4-7(13(19)20)5-16-12(10)18-11/h1-5H,(H,19,20)(H,16,17,18). The quantitative estimate of drug-likeness (QED) is 0.736. The van der Waals surface area contributed by atoms with E-state index in [1.54, 1.807) is 6.07 Å². The van der Waals surface area contributed by atoms with Gasteiger partial charge in [-0.25, -0.2) is 14.8 Å². The van der Waals surface area contributed by atoms with Crippen molar-refractivity contribution >= 4 is 44.7 Å². The van der Waals surface area contributed by atoms with Crippen molar-refractivity contribution in [2.45, 2.75) is 0 Å². The average Bonchev–Trinajstić information content (AvgIpc) is 2.84. The maximum absolute atomic E-state index is 10.9. The van der Waals surface area contributed by atoms with E-state index < -0.39 is 5.97 Å². The SMILES string of the molecule is O=C(O)c1cnc2nc(-c3ccc(Br)c(Cl)c3)[nH]c2c1. The zero-order valence-corrected chi connectivity index (χ0v) is 12.2. The van der Waals surface area contributed by atoms with Crippen LogP contribution in [0.2, 0.25) is 5.02 Å². The second kappa shape index (κ2) is 4.88. The molecule has 0 unspecified atom stereocenters. The minimum absolute atomic E-state index is 0.113. The highest BCUT2D eigenvalue weighted by Gasteiger charge is 2.10. The fourth-order valence-electron chi connectivity index (χ4n) is 1.80. The Morgan fingerprint density at radius 2 is 2.15 bits per heavy atom. The predicted molar refractivity (Wildman–Crippen MR) is 79.0 cm³/mol. The summed E-state index contributed by atoms with van der Waals surface area (Å²) >= 11 is 9.37. The molecule has 20 heavy (non-hydrogen) atoms. The molecule has 0 aliphatic carbocycles. The van der Waals surface area contributed by atoms with E-state index in [4.69, 9.17) is 16.7 Å². The first kappa shape index (κ1) is 13.1. The summed E-state index contributed by atoms with van der Waals surface area (Å²) in [5.41, 5.74) is 1.94. The lowest BCUT2D eigenvalue weighted by molar-refractivity contribution is 0.0696. The third-order valence-electron chi connectivity index (χ3n) is 2.78. The third-order valence-corrected chi connectivity index (χ3v) is 4.01. The summed E-state index contributed by atoms with van der Waals surface area (Å²) in [7, 11) is 0. The van der Waals surface area contributed by atoms with Crippen molar-refractivity contribution in [3.05, 3.63) is 45.5 Å². The lowest BCUT2D eigenvalue weighted by Crippen LogP contribution is -1.96. The summed E-state index contributed by atoms with van der Waals surface area (Å²) < 4.78 is 0.797. The predicted octanol–water partition coefficient (Wildman–Crippen LogP) is 3.74. The van der Waals surface area contributed by atoms with E-state index in [1.807, 2.05) is 12.1 Å². The highest BCUT2D eigenvalue weighted by molar-refractivity contribution is 9.10. The van der Waals surface area contributed by atoms with Crippen molar-refractivity contribution in [2.75, 3.05) is 0 Å². The van der Waals surface area contributed by atoms with Crippen LogP contribution in [0.4, 0.5) is 0 Å². The Hall–Kier alpha value is -1.92. The number of fused-ring (bicyclic) bond motifs is 1. The van der Waals surface area contributed by atoms with Crippen LogP contribution in [0.15, 0.2) is 34.9 Å². The molecule has 2 heterocycles. The van der Waals surface area contributed by atoms with E-state index in [-0.39, 0.29) is 5.56 Å². The number of pyridine rings is 1. The molecule has 5 nitrogen and oxygen atoms in total. The average molecular weight is 353 g/mol. The van der Waals surface area contributed by atoms with Gasteiger partial charge < -0.3 is 10.1 Å². The number of nitrogens with zero attached hydrogens (tertiary/aromatic N) is 2. The Kier molecular flexibility index (Phi) is 3.19. The summed E-state index contributed by atoms with van der Waals surface area (Å²) in [6.45, 7) is 0. The zero-order valence-electron chi connectivity index (χ0n) is 9.89. The summed E-state index contributed by atoms with van der Waals surface area (Å²) in [4.78, 5) is 22.3. The van der Waals surface area contributed by atoms with Gasteiger partial charge in [-0.1, -0.05) is 17.7 Å². The number of nitrogens with one attached hydrogen (secondary N) is 1. The van der Waals surface area contributed by atoms with Gasteiger partial charge in [0.05, 0.1) is 16.1 Å². The normalized spacial score (nSPS) is 10.9. The fraction of sp³-hybridized carbons (Fsp3) is 0. The lowest BCUT2D eigenvalue weighted by Gasteiger charge is -1.99. The Morgan fingerprint density at radius 3 is 2.85 bits per heavy atom. The Balaban J connectivity index is 2.12. The molecular weight excluding hydrogens is 346 g/mol. The van der Waals surface area contributed by atoms with Crippen LogP contribution in [0.25, 0.3) is 22.6 Å². The van der Waals surface area contributed by atoms with E-state index in [1.165, 1.54) is 12.3 Å². The second-order valence-corrected chi connectivity index (χ2v) is 5.38. The summed E-state index contributed by atoms with van der Waals surface area (Å²) in [5, 5.41) is 9.51. The number of carboxylic acid groups (broad SMARTS) is 1. The van der Waals surface area contributed by atoms with Crippen molar-refractivity contribution in [3.8, 4) is 11.4 Å². The minimum atomic E-state index is -1.03. The zero-order chi connectivity index (χ0) is 14.3. The number of imidazole rings is 1. The lowest BCUT2D eigenvalue weighted by atomic mass is 10.2. The molecule has 0 radical (unpaired) electrons. The Bertz CT molecular complexity index is 832. The van der Waals surface area contributed by atoms with E-state index in [0.717, 1.165) is 10.0 Å². The second-order valence-electron chi connectivity index (χ2n) is 4.11.